The zero-order valence-corrected chi connectivity index (χ0v) is 28.1. The van der Waals surface area contributed by atoms with Gasteiger partial charge in [-0.25, -0.2) is 17.6 Å². The van der Waals surface area contributed by atoms with Crippen LogP contribution in [0.3, 0.4) is 0 Å². The Labute approximate surface area is 283 Å². The number of hydrogen-bond acceptors (Lipinski definition) is 6. The molecule has 1 saturated heterocycles. The van der Waals surface area contributed by atoms with E-state index in [1.54, 1.807) is 4.90 Å². The number of likely N-dealkylation sites (tertiary alicyclic amines) is 1. The van der Waals surface area contributed by atoms with E-state index < -0.39 is 74.9 Å². The van der Waals surface area contributed by atoms with Crippen LogP contribution in [-0.4, -0.2) is 90.8 Å². The number of aliphatic carboxylic acids is 1. The number of hydrogen-bond donors (Lipinski definition) is 2. The first-order chi connectivity index (χ1) is 22.5. The number of nitrogens with one attached hydrogen (secondary N) is 1. The van der Waals surface area contributed by atoms with Crippen molar-refractivity contribution in [1.29, 1.82) is 0 Å². The summed E-state index contributed by atoms with van der Waals surface area (Å²) in [4.78, 5) is 39.1. The van der Waals surface area contributed by atoms with Crippen LogP contribution in [0.2, 0.25) is 5.02 Å². The Kier molecular flexibility index (Phi) is 12.8. The van der Waals surface area contributed by atoms with Gasteiger partial charge in [0.25, 0.3) is 5.91 Å². The predicted octanol–water partition coefficient (Wildman–Crippen LogP) is 5.81. The highest BCUT2D eigenvalue weighted by atomic mass is 35.5. The van der Waals surface area contributed by atoms with Crippen LogP contribution >= 0.6 is 11.6 Å². The minimum atomic E-state index is -5.08. The highest BCUT2D eigenvalue weighted by Crippen LogP contribution is 2.36. The summed E-state index contributed by atoms with van der Waals surface area (Å²) in [6.07, 6.45) is -7.92. The Bertz CT molecular complexity index is 1620. The molecule has 1 aliphatic heterocycles. The lowest BCUT2D eigenvalue weighted by Gasteiger charge is -2.44. The maximum atomic E-state index is 13.9. The first kappa shape index (κ1) is 40.0. The second-order valence-electron chi connectivity index (χ2n) is 12.2. The Hall–Kier alpha value is -3.44. The fourth-order valence-corrected chi connectivity index (χ4v) is 7.71. The van der Waals surface area contributed by atoms with Gasteiger partial charge in [-0.1, -0.05) is 11.6 Å². The lowest BCUT2D eigenvalue weighted by molar-refractivity contribution is -0.192. The van der Waals surface area contributed by atoms with Gasteiger partial charge in [-0.2, -0.15) is 26.3 Å². The summed E-state index contributed by atoms with van der Waals surface area (Å²) in [7, 11) is -1.74. The largest absolute Gasteiger partial charge is 0.490 e. The normalized spacial score (nSPS) is 21.8. The number of carbonyl (C=O) groups excluding carboxylic acids is 2. The number of sulfone groups is 1. The number of carbonyl (C=O) groups is 3. The number of carboxylic acid groups (broad SMARTS) is 1. The summed E-state index contributed by atoms with van der Waals surface area (Å²) in [6, 6.07) is 6.35. The van der Waals surface area contributed by atoms with Gasteiger partial charge >= 0.3 is 18.3 Å². The lowest BCUT2D eigenvalue weighted by Crippen LogP contribution is -2.53. The Morgan fingerprint density at radius 2 is 1.63 bits per heavy atom. The molecule has 49 heavy (non-hydrogen) atoms. The molecule has 2 aromatic rings. The summed E-state index contributed by atoms with van der Waals surface area (Å²) in [6.45, 7) is 4.35. The fourth-order valence-electron chi connectivity index (χ4n) is 5.92. The number of nitrogens with zero attached hydrogens (tertiary/aromatic N) is 2. The van der Waals surface area contributed by atoms with E-state index in [0.717, 1.165) is 6.42 Å². The Morgan fingerprint density at radius 1 is 1.04 bits per heavy atom. The third-order valence-corrected chi connectivity index (χ3v) is 10.7. The highest BCUT2D eigenvalue weighted by molar-refractivity contribution is 7.91. The van der Waals surface area contributed by atoms with Crippen molar-refractivity contribution in [2.45, 2.75) is 80.9 Å². The van der Waals surface area contributed by atoms with Crippen molar-refractivity contribution in [2.75, 3.05) is 19.3 Å². The zero-order chi connectivity index (χ0) is 37.1. The number of rotatable bonds is 8. The number of carboxylic acids is 1. The average Bonchev–Trinajstić information content (AvgIpc) is 3.34. The first-order valence-corrected chi connectivity index (χ1v) is 17.0. The summed E-state index contributed by atoms with van der Waals surface area (Å²) < 4.78 is 112. The molecule has 1 heterocycles. The van der Waals surface area contributed by atoms with Crippen molar-refractivity contribution in [2.24, 2.45) is 5.92 Å². The summed E-state index contributed by atoms with van der Waals surface area (Å²) in [5.74, 6) is -6.00. The number of alkyl halides is 6. The third-order valence-electron chi connectivity index (χ3n) is 8.59. The van der Waals surface area contributed by atoms with Crippen molar-refractivity contribution < 1.29 is 58.6 Å². The number of halogens is 8. The smallest absolute Gasteiger partial charge is 0.475 e. The molecule has 0 unspecified atom stereocenters. The molecule has 0 spiro atoms. The SMILES string of the molecule is CC(C)N(C)[C@@H]1CC[C@H](N2CC[C@H](NC(=O)c3cc(F)cc(C(F)(F)F)c3)C2=O)[C@H](CS(=O)(=O)c2ccc(Cl)cc2)C1.O=C(O)C(F)(F)F. The van der Waals surface area contributed by atoms with Crippen LogP contribution in [0.4, 0.5) is 30.7 Å². The molecule has 2 N–H and O–H groups in total. The Balaban J connectivity index is 0.000000838. The van der Waals surface area contributed by atoms with Crippen LogP contribution in [0.1, 0.15) is 55.5 Å². The maximum absolute atomic E-state index is 13.9. The molecule has 4 atom stereocenters. The van der Waals surface area contributed by atoms with Gasteiger partial charge in [-0.15, -0.1) is 0 Å². The molecular weight excluding hydrogens is 711 g/mol. The molecule has 0 bridgehead atoms. The first-order valence-electron chi connectivity index (χ1n) is 15.0. The second kappa shape index (κ2) is 15.6. The lowest BCUT2D eigenvalue weighted by atomic mass is 9.81. The quantitative estimate of drug-likeness (QED) is 0.327. The van der Waals surface area contributed by atoms with Crippen LogP contribution in [0.25, 0.3) is 0 Å². The van der Waals surface area contributed by atoms with Crippen LogP contribution in [0.15, 0.2) is 47.4 Å². The van der Waals surface area contributed by atoms with Crippen LogP contribution in [0, 0.1) is 11.7 Å². The molecule has 4 rings (SSSR count). The topological polar surface area (TPSA) is 124 Å². The third kappa shape index (κ3) is 10.5. The second-order valence-corrected chi connectivity index (χ2v) is 14.6. The molecule has 1 aliphatic carbocycles. The van der Waals surface area contributed by atoms with Gasteiger partial charge in [-0.3, -0.25) is 9.59 Å². The van der Waals surface area contributed by atoms with Gasteiger partial charge in [0.1, 0.15) is 11.9 Å². The fraction of sp³-hybridized carbons (Fsp3) is 0.516. The summed E-state index contributed by atoms with van der Waals surface area (Å²) >= 11 is 5.94. The molecule has 272 valence electrons. The molecule has 0 radical (unpaired) electrons. The minimum absolute atomic E-state index is 0.107. The number of benzene rings is 2. The highest BCUT2D eigenvalue weighted by Gasteiger charge is 2.44. The monoisotopic (exact) mass is 745 g/mol. The Morgan fingerprint density at radius 3 is 2.16 bits per heavy atom. The van der Waals surface area contributed by atoms with Gasteiger partial charge in [-0.05, 0) is 95.0 Å². The molecule has 9 nitrogen and oxygen atoms in total. The van der Waals surface area contributed by atoms with Crippen molar-refractivity contribution in [3.63, 3.8) is 0 Å². The van der Waals surface area contributed by atoms with Gasteiger partial charge in [0.05, 0.1) is 16.2 Å². The van der Waals surface area contributed by atoms with Gasteiger partial charge in [0, 0.05) is 35.3 Å². The van der Waals surface area contributed by atoms with E-state index in [4.69, 9.17) is 21.5 Å². The molecule has 2 aliphatic rings. The molecular formula is C31H35ClF7N3O6S. The standard InChI is InChI=1S/C29H34ClF4N3O4S.C2HF3O2/c1-17(2)36(3)23-6-9-26(19(14-23)16-42(40,41)24-7-4-21(30)5-8-24)37-11-10-25(28(37)39)35-27(38)18-12-20(29(32,33)34)15-22(31)13-18;3-2(4,5)1(6)7/h4-5,7-8,12-13,15,17,19,23,25-26H,6,9-11,14,16H2,1-3H3,(H,35,38);(H,6,7)/t19-,23+,25-,26-;/m0./s1. The average molecular weight is 746 g/mol. The van der Waals surface area contributed by atoms with Crippen LogP contribution < -0.4 is 5.32 Å². The summed E-state index contributed by atoms with van der Waals surface area (Å²) in [5, 5.41) is 9.99. The van der Waals surface area contributed by atoms with E-state index >= 15 is 0 Å². The molecule has 2 fully saturated rings. The predicted molar refractivity (Wildman–Crippen MR) is 164 cm³/mol. The van der Waals surface area contributed by atoms with Gasteiger partial charge in [0.2, 0.25) is 5.91 Å². The van der Waals surface area contributed by atoms with E-state index in [1.165, 1.54) is 24.3 Å². The zero-order valence-electron chi connectivity index (χ0n) is 26.5. The number of amides is 2. The molecule has 1 saturated carbocycles. The van der Waals surface area contributed by atoms with Crippen LogP contribution in [0.5, 0.6) is 0 Å². The van der Waals surface area contributed by atoms with E-state index in [-0.39, 0.29) is 35.7 Å². The van der Waals surface area contributed by atoms with Crippen molar-refractivity contribution >= 4 is 39.2 Å². The van der Waals surface area contributed by atoms with E-state index in [1.807, 2.05) is 7.05 Å². The molecule has 0 aromatic heterocycles. The van der Waals surface area contributed by atoms with E-state index in [2.05, 4.69) is 24.1 Å². The molecule has 2 aromatic carbocycles. The molecule has 2 amide bonds. The van der Waals surface area contributed by atoms with Crippen LogP contribution in [-0.2, 0) is 25.6 Å². The van der Waals surface area contributed by atoms with Crippen molar-refractivity contribution in [3.05, 3.63) is 64.4 Å². The van der Waals surface area contributed by atoms with E-state index in [9.17, 15) is 48.7 Å². The van der Waals surface area contributed by atoms with Gasteiger partial charge < -0.3 is 20.2 Å². The maximum Gasteiger partial charge on any atom is 0.490 e. The summed E-state index contributed by atoms with van der Waals surface area (Å²) in [5.41, 5.74) is -1.85. The van der Waals surface area contributed by atoms with Crippen molar-refractivity contribution in [3.8, 4) is 0 Å². The molecule has 18 heteroatoms. The van der Waals surface area contributed by atoms with Gasteiger partial charge in [0.15, 0.2) is 9.84 Å². The van der Waals surface area contributed by atoms with Crippen molar-refractivity contribution in [1.82, 2.24) is 15.1 Å². The van der Waals surface area contributed by atoms with E-state index in [0.29, 0.717) is 36.1 Å². The minimum Gasteiger partial charge on any atom is -0.475 e.